The zero-order valence-corrected chi connectivity index (χ0v) is 35.1. The fourth-order valence-electron chi connectivity index (χ4n) is 5.43. The lowest BCUT2D eigenvalue weighted by Crippen LogP contribution is -2.30. The fourth-order valence-corrected chi connectivity index (χ4v) is 5.43. The monoisotopic (exact) mass is 763 g/mol. The first-order valence-corrected chi connectivity index (χ1v) is 21.7. The van der Waals surface area contributed by atoms with Gasteiger partial charge in [-0.25, -0.2) is 0 Å². The van der Waals surface area contributed by atoms with E-state index in [0.717, 1.165) is 109 Å². The van der Waals surface area contributed by atoms with Gasteiger partial charge < -0.3 is 14.2 Å². The van der Waals surface area contributed by atoms with Gasteiger partial charge in [0.25, 0.3) is 0 Å². The molecule has 310 valence electrons. The highest BCUT2D eigenvalue weighted by molar-refractivity contribution is 5.72. The molecule has 6 heteroatoms. The molecule has 1 unspecified atom stereocenters. The summed E-state index contributed by atoms with van der Waals surface area (Å²) in [6.45, 7) is 6.14. The third-order valence-corrected chi connectivity index (χ3v) is 8.60. The molecule has 0 aliphatic heterocycles. The Bertz CT molecular complexity index is 1150. The predicted molar refractivity (Wildman–Crippen MR) is 233 cm³/mol. The molecule has 1 atom stereocenters. The second kappa shape index (κ2) is 43.1. The molecule has 0 heterocycles. The van der Waals surface area contributed by atoms with Gasteiger partial charge in [-0.1, -0.05) is 163 Å². The Morgan fingerprint density at radius 2 is 0.727 bits per heavy atom. The lowest BCUT2D eigenvalue weighted by molar-refractivity contribution is -0.166. The van der Waals surface area contributed by atoms with Crippen molar-refractivity contribution in [2.75, 3.05) is 13.2 Å². The van der Waals surface area contributed by atoms with Crippen LogP contribution >= 0.6 is 0 Å². The molecule has 0 saturated carbocycles. The van der Waals surface area contributed by atoms with Crippen LogP contribution in [0.1, 0.15) is 175 Å². The standard InChI is InChI=1S/C49H78O6/c1-4-7-10-13-16-19-21-23-25-27-30-33-36-39-42-48(51)54-45-46(44-53-47(50)41-38-35-32-29-18-15-12-9-6-3)55-49(52)43-40-37-34-31-28-26-24-22-20-17-14-11-8-5-2/h7-12,16-20,23,25,29,35,38,46H,4-6,13-15,21-22,24,26-28,30-34,36-37,39-45H2,1-3H3/b10-7-,11-8-,12-9-,19-16-,20-17-,25-23-,29-18-,38-35-. The molecule has 0 aliphatic carbocycles. The van der Waals surface area contributed by atoms with Crippen molar-refractivity contribution in [1.29, 1.82) is 0 Å². The maximum Gasteiger partial charge on any atom is 0.309 e. The molecule has 0 aliphatic rings. The first-order valence-electron chi connectivity index (χ1n) is 21.7. The Morgan fingerprint density at radius 1 is 0.382 bits per heavy atom. The van der Waals surface area contributed by atoms with Gasteiger partial charge in [0.1, 0.15) is 13.2 Å². The Balaban J connectivity index is 4.50. The van der Waals surface area contributed by atoms with Crippen LogP contribution in [-0.2, 0) is 28.6 Å². The minimum absolute atomic E-state index is 0.121. The topological polar surface area (TPSA) is 78.9 Å². The average Bonchev–Trinajstić information content (AvgIpc) is 3.18. The summed E-state index contributed by atoms with van der Waals surface area (Å²) in [5.74, 6) is -1.09. The Hall–Kier alpha value is -3.67. The van der Waals surface area contributed by atoms with E-state index in [4.69, 9.17) is 14.2 Å². The summed E-state index contributed by atoms with van der Waals surface area (Å²) in [6, 6.07) is 0. The number of allylic oxidation sites excluding steroid dienone is 15. The maximum atomic E-state index is 12.7. The van der Waals surface area contributed by atoms with Crippen LogP contribution in [0.4, 0.5) is 0 Å². The minimum Gasteiger partial charge on any atom is -0.462 e. The maximum absolute atomic E-state index is 12.7. The van der Waals surface area contributed by atoms with Crippen molar-refractivity contribution < 1.29 is 28.6 Å². The Morgan fingerprint density at radius 3 is 1.18 bits per heavy atom. The van der Waals surface area contributed by atoms with Crippen molar-refractivity contribution in [3.8, 4) is 0 Å². The summed E-state index contributed by atoms with van der Waals surface area (Å²) >= 11 is 0. The van der Waals surface area contributed by atoms with E-state index in [1.807, 2.05) is 6.08 Å². The Kier molecular flexibility index (Phi) is 40.2. The van der Waals surface area contributed by atoms with Gasteiger partial charge in [-0.2, -0.15) is 0 Å². The van der Waals surface area contributed by atoms with Gasteiger partial charge in [0.05, 0.1) is 6.42 Å². The van der Waals surface area contributed by atoms with Gasteiger partial charge >= 0.3 is 17.9 Å². The number of carbonyl (C=O) groups excluding carboxylic acids is 3. The number of hydrogen-bond acceptors (Lipinski definition) is 6. The molecule has 0 aromatic rings. The van der Waals surface area contributed by atoms with Crippen molar-refractivity contribution in [3.05, 3.63) is 97.2 Å². The molecule has 0 N–H and O–H groups in total. The quantitative estimate of drug-likeness (QED) is 0.0271. The normalized spacial score (nSPS) is 13.0. The van der Waals surface area contributed by atoms with Crippen LogP contribution in [0.5, 0.6) is 0 Å². The van der Waals surface area contributed by atoms with E-state index in [1.54, 1.807) is 6.08 Å². The lowest BCUT2D eigenvalue weighted by atomic mass is 10.1. The number of rotatable bonds is 37. The van der Waals surface area contributed by atoms with Crippen molar-refractivity contribution in [1.82, 2.24) is 0 Å². The van der Waals surface area contributed by atoms with Crippen molar-refractivity contribution in [2.24, 2.45) is 0 Å². The average molecular weight is 763 g/mol. The highest BCUT2D eigenvalue weighted by Crippen LogP contribution is 2.12. The number of ether oxygens (including phenoxy) is 3. The molecule has 0 aromatic heterocycles. The highest BCUT2D eigenvalue weighted by Gasteiger charge is 2.19. The van der Waals surface area contributed by atoms with Gasteiger partial charge in [-0.15, -0.1) is 0 Å². The predicted octanol–water partition coefficient (Wildman–Crippen LogP) is 13.9. The van der Waals surface area contributed by atoms with Crippen molar-refractivity contribution >= 4 is 17.9 Å². The molecule has 0 aromatic carbocycles. The lowest BCUT2D eigenvalue weighted by Gasteiger charge is -2.18. The first-order chi connectivity index (χ1) is 27.0. The van der Waals surface area contributed by atoms with Crippen LogP contribution in [0.25, 0.3) is 0 Å². The molecular formula is C49H78O6. The molecular weight excluding hydrogens is 685 g/mol. The molecule has 0 saturated heterocycles. The van der Waals surface area contributed by atoms with Crippen LogP contribution in [0.15, 0.2) is 97.2 Å². The zero-order valence-electron chi connectivity index (χ0n) is 35.1. The summed E-state index contributed by atoms with van der Waals surface area (Å²) in [5, 5.41) is 0. The molecule has 0 rings (SSSR count). The minimum atomic E-state index is -0.824. The van der Waals surface area contributed by atoms with Crippen LogP contribution in [-0.4, -0.2) is 37.2 Å². The van der Waals surface area contributed by atoms with Gasteiger partial charge in [0.15, 0.2) is 6.10 Å². The van der Waals surface area contributed by atoms with E-state index < -0.39 is 12.1 Å². The van der Waals surface area contributed by atoms with Crippen molar-refractivity contribution in [3.63, 3.8) is 0 Å². The second-order valence-electron chi connectivity index (χ2n) is 13.8. The van der Waals surface area contributed by atoms with Crippen LogP contribution in [0, 0.1) is 0 Å². The molecule has 0 amide bonds. The summed E-state index contributed by atoms with van der Waals surface area (Å²) in [7, 11) is 0. The van der Waals surface area contributed by atoms with Crippen LogP contribution < -0.4 is 0 Å². The Labute approximate surface area is 337 Å². The number of carbonyl (C=O) groups is 3. The first kappa shape index (κ1) is 51.3. The molecule has 0 bridgehead atoms. The van der Waals surface area contributed by atoms with E-state index in [0.29, 0.717) is 12.8 Å². The van der Waals surface area contributed by atoms with Crippen LogP contribution in [0.2, 0.25) is 0 Å². The molecule has 6 nitrogen and oxygen atoms in total. The fraction of sp³-hybridized carbons (Fsp3) is 0.612. The van der Waals surface area contributed by atoms with Crippen LogP contribution in [0.3, 0.4) is 0 Å². The van der Waals surface area contributed by atoms with E-state index in [2.05, 4.69) is 106 Å². The third kappa shape index (κ3) is 41.3. The van der Waals surface area contributed by atoms with Gasteiger partial charge in [0.2, 0.25) is 0 Å². The molecule has 0 fully saturated rings. The number of unbranched alkanes of at least 4 members (excludes halogenated alkanes) is 11. The molecule has 0 spiro atoms. The third-order valence-electron chi connectivity index (χ3n) is 8.60. The van der Waals surface area contributed by atoms with Crippen molar-refractivity contribution in [2.45, 2.75) is 181 Å². The van der Waals surface area contributed by atoms with E-state index in [-0.39, 0.29) is 31.6 Å². The number of esters is 3. The zero-order chi connectivity index (χ0) is 40.1. The van der Waals surface area contributed by atoms with E-state index in [1.165, 1.54) is 25.7 Å². The van der Waals surface area contributed by atoms with E-state index in [9.17, 15) is 14.4 Å². The molecule has 55 heavy (non-hydrogen) atoms. The number of hydrogen-bond donors (Lipinski definition) is 0. The second-order valence-corrected chi connectivity index (χ2v) is 13.8. The highest BCUT2D eigenvalue weighted by atomic mass is 16.6. The van der Waals surface area contributed by atoms with E-state index >= 15 is 0 Å². The summed E-state index contributed by atoms with van der Waals surface area (Å²) in [6.07, 6.45) is 55.7. The smallest absolute Gasteiger partial charge is 0.309 e. The SMILES string of the molecule is CC/C=C\C/C=C\C/C=C\CCCCCCC(=O)OCC(COC(=O)C/C=C\C/C=C\C/C=C\CC)OC(=O)CCCCCCCCC/C=C\C/C=C\CC. The molecule has 0 radical (unpaired) electrons. The van der Waals surface area contributed by atoms with Gasteiger partial charge in [0, 0.05) is 12.8 Å². The largest absolute Gasteiger partial charge is 0.462 e. The summed E-state index contributed by atoms with van der Waals surface area (Å²) in [5.41, 5.74) is 0. The van der Waals surface area contributed by atoms with Gasteiger partial charge in [-0.05, 0) is 89.9 Å². The summed E-state index contributed by atoms with van der Waals surface area (Å²) < 4.78 is 16.5. The van der Waals surface area contributed by atoms with Gasteiger partial charge in [-0.3, -0.25) is 14.4 Å². The summed E-state index contributed by atoms with van der Waals surface area (Å²) in [4.78, 5) is 37.6.